The molecule has 1 unspecified atom stereocenters. The van der Waals surface area contributed by atoms with Gasteiger partial charge in [0.25, 0.3) is 0 Å². The maximum Gasteiger partial charge on any atom is 0.236 e. The summed E-state index contributed by atoms with van der Waals surface area (Å²) in [4.78, 5) is 17.1. The molecule has 0 saturated heterocycles. The molecule has 0 spiro atoms. The van der Waals surface area contributed by atoms with Gasteiger partial charge in [0.2, 0.25) is 5.91 Å². The van der Waals surface area contributed by atoms with Crippen LogP contribution in [0, 0.1) is 6.92 Å². The van der Waals surface area contributed by atoms with E-state index in [1.807, 2.05) is 48.1 Å². The van der Waals surface area contributed by atoms with E-state index in [4.69, 9.17) is 27.9 Å². The van der Waals surface area contributed by atoms with Crippen molar-refractivity contribution in [1.29, 1.82) is 0 Å². The number of hydrogen-bond donors (Lipinski definition) is 1. The molecular weight excluding hydrogens is 537 g/mol. The summed E-state index contributed by atoms with van der Waals surface area (Å²) in [6.07, 6.45) is 1.27. The number of halogens is 2. The lowest BCUT2D eigenvalue weighted by atomic mass is 10.1. The van der Waals surface area contributed by atoms with Gasteiger partial charge in [0, 0.05) is 28.6 Å². The summed E-state index contributed by atoms with van der Waals surface area (Å²) in [6, 6.07) is 13.1. The molecule has 0 aliphatic heterocycles. The zero-order valence-electron chi connectivity index (χ0n) is 19.6. The van der Waals surface area contributed by atoms with Crippen LogP contribution in [0.3, 0.4) is 0 Å². The maximum atomic E-state index is 12.6. The minimum absolute atomic E-state index is 0.143. The lowest BCUT2D eigenvalue weighted by molar-refractivity contribution is -0.113. The van der Waals surface area contributed by atoms with E-state index in [2.05, 4.69) is 27.1 Å². The summed E-state index contributed by atoms with van der Waals surface area (Å²) in [6.45, 7) is 8.15. The lowest BCUT2D eigenvalue weighted by Crippen LogP contribution is -2.15. The number of nitrogens with zero attached hydrogens (tertiary/aromatic N) is 4. The Hall–Kier alpha value is -2.85. The molecule has 0 saturated carbocycles. The van der Waals surface area contributed by atoms with Crippen LogP contribution in [0.15, 0.2) is 65.7 Å². The predicted molar refractivity (Wildman–Crippen MR) is 147 cm³/mol. The van der Waals surface area contributed by atoms with Crippen molar-refractivity contribution in [2.24, 2.45) is 0 Å². The first-order chi connectivity index (χ1) is 17.3. The van der Waals surface area contributed by atoms with Gasteiger partial charge in [0.1, 0.15) is 5.75 Å². The molecule has 1 N–H and O–H groups in total. The molecule has 2 heterocycles. The second-order valence-electron chi connectivity index (χ2n) is 7.82. The van der Waals surface area contributed by atoms with E-state index in [1.54, 1.807) is 24.3 Å². The molecule has 2 aromatic carbocycles. The standard InChI is InChI=1S/C25H23Cl2N5O2S2/c1-4-11-32-23(16(3)34-21-12-18(26)9-10-19(21)27)30-31-25(32)36-14-22(33)29-24-28-20(13-35-24)17-7-5-15(2)6-8-17/h4-10,12-13,16H,1,11,14H2,2-3H3,(H,28,29,33). The minimum Gasteiger partial charge on any atom is -0.481 e. The highest BCUT2D eigenvalue weighted by molar-refractivity contribution is 7.99. The number of hydrogen-bond acceptors (Lipinski definition) is 7. The number of nitrogens with one attached hydrogen (secondary N) is 1. The molecule has 0 fully saturated rings. The molecule has 0 radical (unpaired) electrons. The molecule has 4 aromatic rings. The highest BCUT2D eigenvalue weighted by Gasteiger charge is 2.21. The highest BCUT2D eigenvalue weighted by Crippen LogP contribution is 2.32. The number of ether oxygens (including phenoxy) is 1. The Kier molecular flexibility index (Phi) is 8.68. The summed E-state index contributed by atoms with van der Waals surface area (Å²) < 4.78 is 7.85. The first-order valence-electron chi connectivity index (χ1n) is 10.9. The Morgan fingerprint density at radius 2 is 2.03 bits per heavy atom. The second-order valence-corrected chi connectivity index (χ2v) is 10.5. The molecule has 1 atom stereocenters. The molecule has 36 heavy (non-hydrogen) atoms. The van der Waals surface area contributed by atoms with Crippen LogP contribution in [0.25, 0.3) is 11.3 Å². The number of aromatic nitrogens is 4. The van der Waals surface area contributed by atoms with Crippen molar-refractivity contribution < 1.29 is 9.53 Å². The van der Waals surface area contributed by atoms with Gasteiger partial charge in [0.15, 0.2) is 22.2 Å². The highest BCUT2D eigenvalue weighted by atomic mass is 35.5. The van der Waals surface area contributed by atoms with Gasteiger partial charge < -0.3 is 10.1 Å². The molecule has 2 aromatic heterocycles. The SMILES string of the molecule is C=CCn1c(SCC(=O)Nc2nc(-c3ccc(C)cc3)cs2)nnc1C(C)Oc1cc(Cl)ccc1Cl. The fourth-order valence-corrected chi connectivity index (χ4v) is 5.11. The van der Waals surface area contributed by atoms with E-state index in [9.17, 15) is 4.79 Å². The van der Waals surface area contributed by atoms with E-state index in [-0.39, 0.29) is 11.7 Å². The lowest BCUT2D eigenvalue weighted by Gasteiger charge is -2.16. The Morgan fingerprint density at radius 3 is 2.78 bits per heavy atom. The van der Waals surface area contributed by atoms with Crippen molar-refractivity contribution in [2.45, 2.75) is 31.7 Å². The van der Waals surface area contributed by atoms with E-state index < -0.39 is 6.10 Å². The summed E-state index contributed by atoms with van der Waals surface area (Å²) in [5, 5.41) is 15.4. The van der Waals surface area contributed by atoms with Crippen LogP contribution in [0.5, 0.6) is 5.75 Å². The Labute approximate surface area is 227 Å². The van der Waals surface area contributed by atoms with Crippen molar-refractivity contribution in [2.75, 3.05) is 11.1 Å². The third kappa shape index (κ3) is 6.47. The van der Waals surface area contributed by atoms with Crippen LogP contribution in [0.4, 0.5) is 5.13 Å². The van der Waals surface area contributed by atoms with Gasteiger partial charge >= 0.3 is 0 Å². The molecule has 0 aliphatic rings. The molecule has 7 nitrogen and oxygen atoms in total. The fourth-order valence-electron chi connectivity index (χ4n) is 3.29. The number of carbonyl (C=O) groups excluding carboxylic acids is 1. The number of anilines is 1. The first-order valence-corrected chi connectivity index (χ1v) is 13.6. The van der Waals surface area contributed by atoms with Gasteiger partial charge in [0.05, 0.1) is 16.5 Å². The first kappa shape index (κ1) is 26.2. The van der Waals surface area contributed by atoms with Gasteiger partial charge in [-0.3, -0.25) is 9.36 Å². The molecule has 186 valence electrons. The number of aryl methyl sites for hydroxylation is 1. The number of carbonyl (C=O) groups is 1. The van der Waals surface area contributed by atoms with Crippen molar-refractivity contribution in [1.82, 2.24) is 19.7 Å². The third-order valence-corrected chi connectivity index (χ3v) is 7.32. The van der Waals surface area contributed by atoms with Crippen LogP contribution in [0.1, 0.15) is 24.4 Å². The average molecular weight is 561 g/mol. The van der Waals surface area contributed by atoms with Crippen LogP contribution in [0.2, 0.25) is 10.0 Å². The maximum absolute atomic E-state index is 12.6. The molecule has 1 amide bonds. The van der Waals surface area contributed by atoms with Crippen LogP contribution in [-0.2, 0) is 11.3 Å². The molecule has 11 heteroatoms. The number of benzene rings is 2. The van der Waals surface area contributed by atoms with Crippen molar-refractivity contribution in [3.05, 3.63) is 81.9 Å². The van der Waals surface area contributed by atoms with Gasteiger partial charge in [-0.15, -0.1) is 28.1 Å². The van der Waals surface area contributed by atoms with Crippen LogP contribution >= 0.6 is 46.3 Å². The topological polar surface area (TPSA) is 81.9 Å². The molecule has 0 aliphatic carbocycles. The quantitative estimate of drug-likeness (QED) is 0.165. The van der Waals surface area contributed by atoms with Crippen molar-refractivity contribution >= 4 is 57.3 Å². The monoisotopic (exact) mass is 559 g/mol. The number of rotatable bonds is 10. The Morgan fingerprint density at radius 1 is 1.25 bits per heavy atom. The van der Waals surface area contributed by atoms with E-state index in [0.717, 1.165) is 11.3 Å². The number of thioether (sulfide) groups is 1. The average Bonchev–Trinajstić information content (AvgIpc) is 3.48. The minimum atomic E-state index is -0.466. The zero-order chi connectivity index (χ0) is 25.7. The van der Waals surface area contributed by atoms with E-state index in [0.29, 0.717) is 38.5 Å². The largest absolute Gasteiger partial charge is 0.481 e. The van der Waals surface area contributed by atoms with Crippen molar-refractivity contribution in [3.8, 4) is 17.0 Å². The fraction of sp³-hybridized carbons (Fsp3) is 0.200. The Bertz CT molecular complexity index is 1370. The van der Waals surface area contributed by atoms with Gasteiger partial charge in [-0.1, -0.05) is 70.9 Å². The summed E-state index contributed by atoms with van der Waals surface area (Å²) in [5.74, 6) is 0.988. The second kappa shape index (κ2) is 11.9. The van der Waals surface area contributed by atoms with Gasteiger partial charge in [-0.2, -0.15) is 0 Å². The normalized spacial score (nSPS) is 11.8. The van der Waals surface area contributed by atoms with Crippen LogP contribution < -0.4 is 10.1 Å². The third-order valence-electron chi connectivity index (χ3n) is 5.05. The van der Waals surface area contributed by atoms with Crippen molar-refractivity contribution in [3.63, 3.8) is 0 Å². The summed E-state index contributed by atoms with van der Waals surface area (Å²) in [7, 11) is 0. The zero-order valence-corrected chi connectivity index (χ0v) is 22.7. The molecular formula is C25H23Cl2N5O2S2. The number of allylic oxidation sites excluding steroid dienone is 1. The predicted octanol–water partition coefficient (Wildman–Crippen LogP) is 7.07. The van der Waals surface area contributed by atoms with E-state index in [1.165, 1.54) is 28.7 Å². The Balaban J connectivity index is 1.40. The summed E-state index contributed by atoms with van der Waals surface area (Å²) in [5.41, 5.74) is 3.01. The number of thiazole rings is 1. The van der Waals surface area contributed by atoms with Gasteiger partial charge in [-0.25, -0.2) is 4.98 Å². The summed E-state index contributed by atoms with van der Waals surface area (Å²) >= 11 is 15.0. The van der Waals surface area contributed by atoms with Crippen LogP contribution in [-0.4, -0.2) is 31.4 Å². The smallest absolute Gasteiger partial charge is 0.236 e. The molecule has 0 bridgehead atoms. The van der Waals surface area contributed by atoms with E-state index >= 15 is 0 Å². The van der Waals surface area contributed by atoms with Gasteiger partial charge in [-0.05, 0) is 26.0 Å². The molecule has 4 rings (SSSR count). The number of amides is 1.